The summed E-state index contributed by atoms with van der Waals surface area (Å²) < 4.78 is 5.17. The summed E-state index contributed by atoms with van der Waals surface area (Å²) >= 11 is 1.73. The number of thiazole rings is 1. The molecule has 1 heterocycles. The van der Waals surface area contributed by atoms with Crippen molar-refractivity contribution in [1.29, 1.82) is 0 Å². The lowest BCUT2D eigenvalue weighted by Gasteiger charge is -2.11. The Morgan fingerprint density at radius 2 is 2.04 bits per heavy atom. The average molecular weight is 347 g/mol. The van der Waals surface area contributed by atoms with E-state index in [0.717, 1.165) is 48.9 Å². The van der Waals surface area contributed by atoms with E-state index in [-0.39, 0.29) is 0 Å². The molecule has 2 rings (SSSR count). The first kappa shape index (κ1) is 18.3. The van der Waals surface area contributed by atoms with Crippen molar-refractivity contribution >= 4 is 17.3 Å². The lowest BCUT2D eigenvalue weighted by Crippen LogP contribution is -2.37. The maximum Gasteiger partial charge on any atom is 0.191 e. The van der Waals surface area contributed by atoms with Crippen molar-refractivity contribution in [3.63, 3.8) is 0 Å². The second-order valence-electron chi connectivity index (χ2n) is 5.46. The number of nitrogens with zero attached hydrogens (tertiary/aromatic N) is 2. The molecule has 0 aliphatic heterocycles. The summed E-state index contributed by atoms with van der Waals surface area (Å²) in [5.74, 6) is 1.72. The Kier molecular flexibility index (Phi) is 7.55. The molecule has 0 aliphatic carbocycles. The number of rotatable bonds is 8. The Labute approximate surface area is 148 Å². The van der Waals surface area contributed by atoms with Gasteiger partial charge in [0.2, 0.25) is 0 Å². The fourth-order valence-corrected chi connectivity index (χ4v) is 3.03. The van der Waals surface area contributed by atoms with Gasteiger partial charge < -0.3 is 15.4 Å². The molecule has 6 heteroatoms. The molecule has 0 saturated heterocycles. The molecule has 0 spiro atoms. The van der Waals surface area contributed by atoms with Crippen molar-refractivity contribution in [2.45, 2.75) is 33.2 Å². The zero-order valence-electron chi connectivity index (χ0n) is 14.6. The van der Waals surface area contributed by atoms with Crippen LogP contribution in [0, 0.1) is 6.92 Å². The van der Waals surface area contributed by atoms with Crippen LogP contribution >= 0.6 is 11.3 Å². The number of benzene rings is 1. The van der Waals surface area contributed by atoms with Crippen LogP contribution in [0.15, 0.2) is 34.6 Å². The van der Waals surface area contributed by atoms with E-state index in [0.29, 0.717) is 6.54 Å². The summed E-state index contributed by atoms with van der Waals surface area (Å²) in [5, 5.41) is 9.96. The van der Waals surface area contributed by atoms with E-state index in [4.69, 9.17) is 4.74 Å². The third-order valence-electron chi connectivity index (χ3n) is 3.45. The first-order valence-electron chi connectivity index (χ1n) is 8.27. The number of hydrogen-bond acceptors (Lipinski definition) is 4. The van der Waals surface area contributed by atoms with Gasteiger partial charge in [-0.2, -0.15) is 0 Å². The van der Waals surface area contributed by atoms with Crippen LogP contribution in [0.3, 0.4) is 0 Å². The lowest BCUT2D eigenvalue weighted by molar-refractivity contribution is 0.414. The normalized spacial score (nSPS) is 11.4. The first-order valence-corrected chi connectivity index (χ1v) is 9.15. The van der Waals surface area contributed by atoms with Gasteiger partial charge in [-0.3, -0.25) is 0 Å². The highest BCUT2D eigenvalue weighted by Crippen LogP contribution is 2.12. The molecule has 5 nitrogen and oxygen atoms in total. The van der Waals surface area contributed by atoms with Crippen molar-refractivity contribution in [3.8, 4) is 5.75 Å². The summed E-state index contributed by atoms with van der Waals surface area (Å²) in [7, 11) is 1.67. The van der Waals surface area contributed by atoms with Crippen LogP contribution in [-0.4, -0.2) is 31.1 Å². The molecule has 0 fully saturated rings. The second kappa shape index (κ2) is 9.93. The van der Waals surface area contributed by atoms with Gasteiger partial charge in [0.25, 0.3) is 0 Å². The van der Waals surface area contributed by atoms with Crippen LogP contribution in [0.1, 0.15) is 29.6 Å². The third kappa shape index (κ3) is 6.20. The van der Waals surface area contributed by atoms with Crippen LogP contribution < -0.4 is 15.4 Å². The summed E-state index contributed by atoms with van der Waals surface area (Å²) in [6.07, 6.45) is 2.04. The van der Waals surface area contributed by atoms with Gasteiger partial charge in [-0.25, -0.2) is 9.98 Å². The van der Waals surface area contributed by atoms with E-state index < -0.39 is 0 Å². The van der Waals surface area contributed by atoms with E-state index in [2.05, 4.69) is 32.9 Å². The Morgan fingerprint density at radius 1 is 1.25 bits per heavy atom. The largest absolute Gasteiger partial charge is 0.497 e. The zero-order valence-corrected chi connectivity index (χ0v) is 15.4. The molecule has 0 amide bonds. The van der Waals surface area contributed by atoms with Crippen LogP contribution in [0.25, 0.3) is 0 Å². The number of ether oxygens (including phenoxy) is 1. The van der Waals surface area contributed by atoms with Gasteiger partial charge in [0, 0.05) is 30.6 Å². The summed E-state index contributed by atoms with van der Waals surface area (Å²) in [5.41, 5.74) is 2.27. The number of aryl methyl sites for hydroxylation is 2. The number of aromatic nitrogens is 1. The molecule has 130 valence electrons. The first-order chi connectivity index (χ1) is 11.7. The highest BCUT2D eigenvalue weighted by Gasteiger charge is 2.01. The van der Waals surface area contributed by atoms with E-state index in [9.17, 15) is 0 Å². The van der Waals surface area contributed by atoms with Crippen molar-refractivity contribution in [2.24, 2.45) is 4.99 Å². The van der Waals surface area contributed by atoms with E-state index >= 15 is 0 Å². The molecule has 1 aromatic heterocycles. The second-order valence-corrected chi connectivity index (χ2v) is 6.40. The minimum absolute atomic E-state index is 0.644. The molecule has 0 unspecified atom stereocenters. The van der Waals surface area contributed by atoms with Gasteiger partial charge in [0.05, 0.1) is 18.7 Å². The van der Waals surface area contributed by atoms with Gasteiger partial charge in [0.15, 0.2) is 5.96 Å². The van der Waals surface area contributed by atoms with Crippen molar-refractivity contribution in [2.75, 3.05) is 20.2 Å². The minimum Gasteiger partial charge on any atom is -0.497 e. The fraction of sp³-hybridized carbons (Fsp3) is 0.444. The van der Waals surface area contributed by atoms with Gasteiger partial charge in [0.1, 0.15) is 5.75 Å². The Hall–Kier alpha value is -2.08. The standard InChI is InChI=1S/C18H26N4OS/c1-4-19-18(20-11-5-6-17-22-14(2)13-24-17)21-12-15-7-9-16(23-3)10-8-15/h7-10,13H,4-6,11-12H2,1-3H3,(H2,19,20,21). The molecule has 0 radical (unpaired) electrons. The zero-order chi connectivity index (χ0) is 17.2. The minimum atomic E-state index is 0.644. The molecule has 2 aromatic rings. The summed E-state index contributed by atoms with van der Waals surface area (Å²) in [6, 6.07) is 8.00. The summed E-state index contributed by atoms with van der Waals surface area (Å²) in [6.45, 7) is 6.48. The highest BCUT2D eigenvalue weighted by atomic mass is 32.1. The van der Waals surface area contributed by atoms with Gasteiger partial charge in [-0.15, -0.1) is 11.3 Å². The smallest absolute Gasteiger partial charge is 0.191 e. The number of nitrogens with one attached hydrogen (secondary N) is 2. The molecule has 0 saturated carbocycles. The number of hydrogen-bond donors (Lipinski definition) is 2. The molecule has 0 atom stereocenters. The molecular weight excluding hydrogens is 320 g/mol. The van der Waals surface area contributed by atoms with Crippen LogP contribution in [0.4, 0.5) is 0 Å². The maximum absolute atomic E-state index is 5.17. The van der Waals surface area contributed by atoms with Gasteiger partial charge in [-0.05, 0) is 38.0 Å². The van der Waals surface area contributed by atoms with Gasteiger partial charge >= 0.3 is 0 Å². The van der Waals surface area contributed by atoms with Crippen molar-refractivity contribution in [1.82, 2.24) is 15.6 Å². The molecular formula is C18H26N4OS. The van der Waals surface area contributed by atoms with E-state index in [1.54, 1.807) is 18.4 Å². The molecule has 0 aliphatic rings. The maximum atomic E-state index is 5.17. The Bertz CT molecular complexity index is 637. The SMILES string of the molecule is CCNC(=NCc1ccc(OC)cc1)NCCCc1nc(C)cs1. The number of aliphatic imine (C=N–C) groups is 1. The lowest BCUT2D eigenvalue weighted by atomic mass is 10.2. The predicted molar refractivity (Wildman–Crippen MR) is 101 cm³/mol. The van der Waals surface area contributed by atoms with Crippen molar-refractivity contribution < 1.29 is 4.74 Å². The van der Waals surface area contributed by atoms with Crippen LogP contribution in [-0.2, 0) is 13.0 Å². The number of methoxy groups -OCH3 is 1. The van der Waals surface area contributed by atoms with Crippen LogP contribution in [0.5, 0.6) is 5.75 Å². The van der Waals surface area contributed by atoms with Crippen LogP contribution in [0.2, 0.25) is 0 Å². The Balaban J connectivity index is 1.78. The fourth-order valence-electron chi connectivity index (χ4n) is 2.21. The van der Waals surface area contributed by atoms with E-state index in [1.807, 2.05) is 31.2 Å². The molecule has 2 N–H and O–H groups in total. The number of guanidine groups is 1. The third-order valence-corrected chi connectivity index (χ3v) is 4.48. The quantitative estimate of drug-likeness (QED) is 0.438. The van der Waals surface area contributed by atoms with E-state index in [1.165, 1.54) is 5.01 Å². The monoisotopic (exact) mass is 346 g/mol. The molecule has 0 bridgehead atoms. The highest BCUT2D eigenvalue weighted by molar-refractivity contribution is 7.09. The Morgan fingerprint density at radius 3 is 2.67 bits per heavy atom. The molecule has 24 heavy (non-hydrogen) atoms. The molecule has 1 aromatic carbocycles. The topological polar surface area (TPSA) is 58.5 Å². The average Bonchev–Trinajstić information content (AvgIpc) is 3.02. The van der Waals surface area contributed by atoms with Crippen molar-refractivity contribution in [3.05, 3.63) is 45.9 Å². The summed E-state index contributed by atoms with van der Waals surface area (Å²) in [4.78, 5) is 9.12. The predicted octanol–water partition coefficient (Wildman–Crippen LogP) is 3.15. The van der Waals surface area contributed by atoms with Gasteiger partial charge in [-0.1, -0.05) is 12.1 Å².